The van der Waals surface area contributed by atoms with Crippen molar-refractivity contribution < 1.29 is 4.39 Å². The Balaban J connectivity index is 2.14. The van der Waals surface area contributed by atoms with Gasteiger partial charge in [-0.2, -0.15) is 0 Å². The van der Waals surface area contributed by atoms with Crippen molar-refractivity contribution in [1.82, 2.24) is 0 Å². The maximum atomic E-state index is 12.8. The molecule has 0 aliphatic heterocycles. The first-order chi connectivity index (χ1) is 8.06. The third kappa shape index (κ3) is 3.39. The third-order valence-corrected chi connectivity index (χ3v) is 5.62. The molecule has 2 rings (SSSR count). The SMILES string of the molecule is Cc1cc(Br)c(C(Br)Cc2ccc(F)cc2)s1. The Morgan fingerprint density at radius 2 is 1.94 bits per heavy atom. The Morgan fingerprint density at radius 1 is 1.29 bits per heavy atom. The van der Waals surface area contributed by atoms with Gasteiger partial charge in [0.1, 0.15) is 5.82 Å². The topological polar surface area (TPSA) is 0 Å². The number of halogens is 3. The fraction of sp³-hybridized carbons (Fsp3) is 0.231. The minimum Gasteiger partial charge on any atom is -0.207 e. The summed E-state index contributed by atoms with van der Waals surface area (Å²) in [5, 5.41) is 0. The number of hydrogen-bond donors (Lipinski definition) is 0. The van der Waals surface area contributed by atoms with Crippen LogP contribution in [-0.2, 0) is 6.42 Å². The summed E-state index contributed by atoms with van der Waals surface area (Å²) in [6, 6.07) is 8.79. The van der Waals surface area contributed by atoms with Gasteiger partial charge in [0.15, 0.2) is 0 Å². The van der Waals surface area contributed by atoms with E-state index in [1.54, 1.807) is 11.3 Å². The van der Waals surface area contributed by atoms with Crippen LogP contribution in [0.4, 0.5) is 4.39 Å². The van der Waals surface area contributed by atoms with Crippen molar-refractivity contribution >= 4 is 43.2 Å². The van der Waals surface area contributed by atoms with Crippen LogP contribution < -0.4 is 0 Å². The fourth-order valence-corrected chi connectivity index (χ4v) is 4.75. The second-order valence-corrected chi connectivity index (χ2v) is 7.11. The molecule has 1 aromatic heterocycles. The summed E-state index contributed by atoms with van der Waals surface area (Å²) >= 11 is 9.03. The number of benzene rings is 1. The second-order valence-electron chi connectivity index (χ2n) is 3.87. The molecule has 90 valence electrons. The molecule has 0 aliphatic rings. The monoisotopic (exact) mass is 376 g/mol. The highest BCUT2D eigenvalue weighted by Crippen LogP contribution is 2.38. The van der Waals surface area contributed by atoms with E-state index < -0.39 is 0 Å². The minimum atomic E-state index is -0.187. The van der Waals surface area contributed by atoms with E-state index in [1.165, 1.54) is 21.9 Å². The standard InChI is InChI=1S/C13H11Br2FS/c1-8-6-11(14)13(17-8)12(15)7-9-2-4-10(16)5-3-9/h2-6,12H,7H2,1H3. The Morgan fingerprint density at radius 3 is 2.47 bits per heavy atom. The van der Waals surface area contributed by atoms with E-state index in [1.807, 2.05) is 12.1 Å². The van der Waals surface area contributed by atoms with Crippen LogP contribution in [-0.4, -0.2) is 0 Å². The number of rotatable bonds is 3. The molecule has 0 radical (unpaired) electrons. The number of aryl methyl sites for hydroxylation is 1. The van der Waals surface area contributed by atoms with Crippen LogP contribution in [0.15, 0.2) is 34.8 Å². The quantitative estimate of drug-likeness (QED) is 0.607. The van der Waals surface area contributed by atoms with Gasteiger partial charge in [-0.1, -0.05) is 28.1 Å². The first kappa shape index (κ1) is 13.2. The first-order valence-electron chi connectivity index (χ1n) is 5.20. The lowest BCUT2D eigenvalue weighted by Gasteiger charge is -2.08. The van der Waals surface area contributed by atoms with E-state index in [4.69, 9.17) is 0 Å². The average molecular weight is 378 g/mol. The molecule has 0 nitrogen and oxygen atoms in total. The average Bonchev–Trinajstić information content (AvgIpc) is 2.61. The van der Waals surface area contributed by atoms with Gasteiger partial charge in [-0.05, 0) is 53.0 Å². The molecule has 1 heterocycles. The van der Waals surface area contributed by atoms with Crippen LogP contribution in [0.3, 0.4) is 0 Å². The van der Waals surface area contributed by atoms with Gasteiger partial charge in [-0.15, -0.1) is 11.3 Å². The summed E-state index contributed by atoms with van der Waals surface area (Å²) in [4.78, 5) is 2.84. The van der Waals surface area contributed by atoms with Gasteiger partial charge >= 0.3 is 0 Å². The lowest BCUT2D eigenvalue weighted by molar-refractivity contribution is 0.627. The highest BCUT2D eigenvalue weighted by Gasteiger charge is 2.14. The van der Waals surface area contributed by atoms with E-state index in [2.05, 4.69) is 44.8 Å². The van der Waals surface area contributed by atoms with Crippen molar-refractivity contribution in [3.05, 3.63) is 55.9 Å². The molecule has 0 aliphatic carbocycles. The normalized spacial score (nSPS) is 12.7. The Labute approximate surface area is 121 Å². The molecule has 2 aromatic rings. The molecule has 17 heavy (non-hydrogen) atoms. The van der Waals surface area contributed by atoms with Crippen LogP contribution in [0.25, 0.3) is 0 Å². The van der Waals surface area contributed by atoms with Crippen LogP contribution in [0.5, 0.6) is 0 Å². The zero-order chi connectivity index (χ0) is 12.4. The first-order valence-corrected chi connectivity index (χ1v) is 7.73. The van der Waals surface area contributed by atoms with Crippen LogP contribution in [0.2, 0.25) is 0 Å². The number of hydrogen-bond acceptors (Lipinski definition) is 1. The van der Waals surface area contributed by atoms with Crippen molar-refractivity contribution in [2.75, 3.05) is 0 Å². The summed E-state index contributed by atoms with van der Waals surface area (Å²) in [6.07, 6.45) is 0.860. The summed E-state index contributed by atoms with van der Waals surface area (Å²) in [7, 11) is 0. The third-order valence-electron chi connectivity index (χ3n) is 2.45. The van der Waals surface area contributed by atoms with E-state index in [-0.39, 0.29) is 10.6 Å². The predicted molar refractivity (Wildman–Crippen MR) is 78.5 cm³/mol. The molecular weight excluding hydrogens is 367 g/mol. The molecular formula is C13H11Br2FS. The molecule has 0 saturated heterocycles. The Kier molecular flexibility index (Phi) is 4.39. The molecule has 4 heteroatoms. The van der Waals surface area contributed by atoms with Crippen LogP contribution in [0, 0.1) is 12.7 Å². The maximum absolute atomic E-state index is 12.8. The summed E-state index contributed by atoms with van der Waals surface area (Å²) < 4.78 is 13.9. The molecule has 0 spiro atoms. The van der Waals surface area contributed by atoms with Crippen molar-refractivity contribution in [2.45, 2.75) is 18.2 Å². The summed E-state index contributed by atoms with van der Waals surface area (Å²) in [6.45, 7) is 2.09. The second kappa shape index (κ2) is 5.63. The van der Waals surface area contributed by atoms with Crippen molar-refractivity contribution in [1.29, 1.82) is 0 Å². The minimum absolute atomic E-state index is 0.187. The zero-order valence-electron chi connectivity index (χ0n) is 9.21. The van der Waals surface area contributed by atoms with Crippen LogP contribution >= 0.6 is 43.2 Å². The molecule has 0 saturated carbocycles. The Bertz CT molecular complexity index is 505. The molecule has 0 fully saturated rings. The Hall–Kier alpha value is -0.190. The number of thiophene rings is 1. The molecule has 0 bridgehead atoms. The van der Waals surface area contributed by atoms with Crippen molar-refractivity contribution in [3.8, 4) is 0 Å². The highest BCUT2D eigenvalue weighted by molar-refractivity contribution is 9.11. The van der Waals surface area contributed by atoms with E-state index in [0.717, 1.165) is 16.5 Å². The van der Waals surface area contributed by atoms with Crippen molar-refractivity contribution in [2.24, 2.45) is 0 Å². The smallest absolute Gasteiger partial charge is 0.123 e. The lowest BCUT2D eigenvalue weighted by atomic mass is 10.1. The predicted octanol–water partition coefficient (Wildman–Crippen LogP) is 5.64. The van der Waals surface area contributed by atoms with Gasteiger partial charge < -0.3 is 0 Å². The van der Waals surface area contributed by atoms with E-state index >= 15 is 0 Å². The summed E-state index contributed by atoms with van der Waals surface area (Å²) in [5.74, 6) is -0.187. The van der Waals surface area contributed by atoms with Gasteiger partial charge in [0.05, 0.1) is 4.83 Å². The van der Waals surface area contributed by atoms with E-state index in [9.17, 15) is 4.39 Å². The van der Waals surface area contributed by atoms with Crippen molar-refractivity contribution in [3.63, 3.8) is 0 Å². The van der Waals surface area contributed by atoms with Gasteiger partial charge in [-0.25, -0.2) is 4.39 Å². The molecule has 1 atom stereocenters. The van der Waals surface area contributed by atoms with Gasteiger partial charge in [-0.3, -0.25) is 0 Å². The lowest BCUT2D eigenvalue weighted by Crippen LogP contribution is -1.93. The van der Waals surface area contributed by atoms with E-state index in [0.29, 0.717) is 0 Å². The largest absolute Gasteiger partial charge is 0.207 e. The van der Waals surface area contributed by atoms with Gasteiger partial charge in [0.2, 0.25) is 0 Å². The fourth-order valence-electron chi connectivity index (χ4n) is 1.63. The maximum Gasteiger partial charge on any atom is 0.123 e. The molecule has 1 aromatic carbocycles. The van der Waals surface area contributed by atoms with Gasteiger partial charge in [0.25, 0.3) is 0 Å². The summed E-state index contributed by atoms with van der Waals surface area (Å²) in [5.41, 5.74) is 1.13. The molecule has 0 amide bonds. The molecule has 0 N–H and O–H groups in total. The highest BCUT2D eigenvalue weighted by atomic mass is 79.9. The van der Waals surface area contributed by atoms with Gasteiger partial charge in [0, 0.05) is 14.2 Å². The van der Waals surface area contributed by atoms with Crippen LogP contribution in [0.1, 0.15) is 20.1 Å². The number of alkyl halides is 1. The molecule has 1 unspecified atom stereocenters. The zero-order valence-corrected chi connectivity index (χ0v) is 13.2.